The quantitative estimate of drug-likeness (QED) is 0.753. The number of piperazine rings is 1. The van der Waals surface area contributed by atoms with Crippen LogP contribution in [0.4, 0.5) is 0 Å². The molecule has 0 aliphatic carbocycles. The molecule has 2 rings (SSSR count). The van der Waals surface area contributed by atoms with Gasteiger partial charge in [0.2, 0.25) is 10.0 Å². The third-order valence-electron chi connectivity index (χ3n) is 2.94. The highest BCUT2D eigenvalue weighted by Gasteiger charge is 2.28. The summed E-state index contributed by atoms with van der Waals surface area (Å²) in [7, 11) is -3.49. The number of hydrogen-bond donors (Lipinski definition) is 0. The second-order valence-electron chi connectivity index (χ2n) is 4.18. The predicted molar refractivity (Wildman–Crippen MR) is 72.7 cm³/mol. The molecule has 0 spiro atoms. The largest absolute Gasteiger partial charge is 0.288 e. The maximum absolute atomic E-state index is 12.4. The topological polar surface area (TPSA) is 77.3 Å². The molecule has 0 amide bonds. The molecule has 0 N–H and O–H groups in total. The van der Waals surface area contributed by atoms with E-state index in [1.807, 2.05) is 4.90 Å². The number of sulfonamides is 1. The van der Waals surface area contributed by atoms with Gasteiger partial charge in [-0.05, 0) is 22.0 Å². The minimum atomic E-state index is -3.49. The molecular weight excluding hydrogens is 332 g/mol. The van der Waals surface area contributed by atoms with Crippen molar-refractivity contribution >= 4 is 26.0 Å². The molecule has 0 aromatic carbocycles. The van der Waals surface area contributed by atoms with E-state index < -0.39 is 10.0 Å². The van der Waals surface area contributed by atoms with E-state index in [-0.39, 0.29) is 4.90 Å². The Morgan fingerprint density at radius 1 is 1.32 bits per heavy atom. The summed E-state index contributed by atoms with van der Waals surface area (Å²) in [5, 5.41) is 8.62. The lowest BCUT2D eigenvalue weighted by atomic mass is 10.4. The van der Waals surface area contributed by atoms with Crippen LogP contribution in [0.2, 0.25) is 0 Å². The van der Waals surface area contributed by atoms with Crippen molar-refractivity contribution in [1.82, 2.24) is 14.2 Å². The van der Waals surface area contributed by atoms with Crippen molar-refractivity contribution in [3.8, 4) is 6.07 Å². The molecule has 19 heavy (non-hydrogen) atoms. The van der Waals surface area contributed by atoms with Crippen LogP contribution in [0, 0.1) is 11.3 Å². The molecule has 2 heterocycles. The third kappa shape index (κ3) is 3.30. The van der Waals surface area contributed by atoms with Crippen LogP contribution in [0.15, 0.2) is 27.8 Å². The lowest BCUT2D eigenvalue weighted by Crippen LogP contribution is -2.48. The maximum Gasteiger partial charge on any atom is 0.244 e. The van der Waals surface area contributed by atoms with Crippen molar-refractivity contribution in [2.24, 2.45) is 0 Å². The Morgan fingerprint density at radius 2 is 2.00 bits per heavy atom. The molecule has 8 heteroatoms. The van der Waals surface area contributed by atoms with E-state index in [1.165, 1.54) is 10.5 Å². The summed E-state index contributed by atoms with van der Waals surface area (Å²) >= 11 is 3.22. The summed E-state index contributed by atoms with van der Waals surface area (Å²) in [4.78, 5) is 6.01. The van der Waals surface area contributed by atoms with Crippen LogP contribution >= 0.6 is 15.9 Å². The van der Waals surface area contributed by atoms with Gasteiger partial charge in [-0.2, -0.15) is 9.57 Å². The van der Waals surface area contributed by atoms with Gasteiger partial charge in [-0.25, -0.2) is 8.42 Å². The Balaban J connectivity index is 2.12. The van der Waals surface area contributed by atoms with E-state index in [0.29, 0.717) is 37.2 Å². The SMILES string of the molecule is N#CCN1CCN(S(=O)(=O)c2cncc(Br)c2)CC1. The van der Waals surface area contributed by atoms with E-state index in [2.05, 4.69) is 27.0 Å². The zero-order chi connectivity index (χ0) is 13.9. The molecule has 1 saturated heterocycles. The summed E-state index contributed by atoms with van der Waals surface area (Å²) in [5.74, 6) is 0. The van der Waals surface area contributed by atoms with E-state index in [0.717, 1.165) is 0 Å². The maximum atomic E-state index is 12.4. The average Bonchev–Trinajstić information content (AvgIpc) is 2.40. The molecule has 1 aliphatic rings. The summed E-state index contributed by atoms with van der Waals surface area (Å²) in [6.07, 6.45) is 2.89. The highest BCUT2D eigenvalue weighted by Crippen LogP contribution is 2.19. The number of halogens is 1. The summed E-state index contributed by atoms with van der Waals surface area (Å²) in [6, 6.07) is 3.62. The standard InChI is InChI=1S/C11H13BrN4O2S/c12-10-7-11(9-14-8-10)19(17,18)16-5-3-15(2-1-13)4-6-16/h7-9H,2-6H2. The fraction of sp³-hybridized carbons (Fsp3) is 0.455. The number of aromatic nitrogens is 1. The molecule has 0 saturated carbocycles. The van der Waals surface area contributed by atoms with E-state index in [4.69, 9.17) is 5.26 Å². The van der Waals surface area contributed by atoms with Gasteiger partial charge in [0.1, 0.15) is 4.90 Å². The Kier molecular flexibility index (Phi) is 4.52. The Hall–Kier alpha value is -1.01. The zero-order valence-corrected chi connectivity index (χ0v) is 12.6. The number of nitrogens with zero attached hydrogens (tertiary/aromatic N) is 4. The predicted octanol–water partition coefficient (Wildman–Crippen LogP) is 0.674. The molecule has 1 aromatic heterocycles. The monoisotopic (exact) mass is 344 g/mol. The Bertz CT molecular complexity index is 591. The van der Waals surface area contributed by atoms with E-state index in [9.17, 15) is 8.42 Å². The first kappa shape index (κ1) is 14.4. The van der Waals surface area contributed by atoms with Gasteiger partial charge < -0.3 is 0 Å². The fourth-order valence-electron chi connectivity index (χ4n) is 1.91. The first-order valence-electron chi connectivity index (χ1n) is 5.74. The van der Waals surface area contributed by atoms with Crippen LogP contribution in [0.25, 0.3) is 0 Å². The molecule has 0 unspecified atom stereocenters. The normalized spacial score (nSPS) is 18.1. The molecular formula is C11H13BrN4O2S. The molecule has 1 aliphatic heterocycles. The van der Waals surface area contributed by atoms with Crippen LogP contribution in [-0.2, 0) is 10.0 Å². The van der Waals surface area contributed by atoms with Crippen LogP contribution in [0.1, 0.15) is 0 Å². The van der Waals surface area contributed by atoms with Crippen molar-refractivity contribution < 1.29 is 8.42 Å². The van der Waals surface area contributed by atoms with Crippen LogP contribution in [0.5, 0.6) is 0 Å². The minimum Gasteiger partial charge on any atom is -0.288 e. The van der Waals surface area contributed by atoms with Crippen molar-refractivity contribution in [1.29, 1.82) is 5.26 Å². The van der Waals surface area contributed by atoms with Gasteiger partial charge in [0.25, 0.3) is 0 Å². The molecule has 1 aromatic rings. The van der Waals surface area contributed by atoms with E-state index in [1.54, 1.807) is 12.3 Å². The van der Waals surface area contributed by atoms with Gasteiger partial charge in [0.15, 0.2) is 0 Å². The van der Waals surface area contributed by atoms with E-state index >= 15 is 0 Å². The van der Waals surface area contributed by atoms with Gasteiger partial charge >= 0.3 is 0 Å². The van der Waals surface area contributed by atoms with Gasteiger partial charge in [-0.15, -0.1) is 0 Å². The van der Waals surface area contributed by atoms with Crippen molar-refractivity contribution in [2.45, 2.75) is 4.90 Å². The molecule has 0 radical (unpaired) electrons. The smallest absolute Gasteiger partial charge is 0.244 e. The second kappa shape index (κ2) is 5.96. The summed E-state index contributed by atoms with van der Waals surface area (Å²) < 4.78 is 26.8. The Labute approximate surface area is 120 Å². The first-order valence-corrected chi connectivity index (χ1v) is 7.97. The molecule has 1 fully saturated rings. The molecule has 6 nitrogen and oxygen atoms in total. The highest BCUT2D eigenvalue weighted by atomic mass is 79.9. The summed E-state index contributed by atoms with van der Waals surface area (Å²) in [5.41, 5.74) is 0. The van der Waals surface area contributed by atoms with Crippen LogP contribution < -0.4 is 0 Å². The Morgan fingerprint density at radius 3 is 2.58 bits per heavy atom. The van der Waals surface area contributed by atoms with Gasteiger partial charge in [0, 0.05) is 43.0 Å². The van der Waals surface area contributed by atoms with Crippen LogP contribution in [-0.4, -0.2) is 55.3 Å². The lowest BCUT2D eigenvalue weighted by Gasteiger charge is -2.32. The molecule has 0 bridgehead atoms. The summed E-state index contributed by atoms with van der Waals surface area (Å²) in [6.45, 7) is 2.29. The van der Waals surface area contributed by atoms with Gasteiger partial charge in [-0.1, -0.05) is 0 Å². The van der Waals surface area contributed by atoms with Crippen molar-refractivity contribution in [3.05, 3.63) is 22.9 Å². The molecule has 102 valence electrons. The van der Waals surface area contributed by atoms with Crippen molar-refractivity contribution in [2.75, 3.05) is 32.7 Å². The first-order chi connectivity index (χ1) is 9.04. The highest BCUT2D eigenvalue weighted by molar-refractivity contribution is 9.10. The third-order valence-corrected chi connectivity index (χ3v) is 5.24. The number of hydrogen-bond acceptors (Lipinski definition) is 5. The number of nitriles is 1. The van der Waals surface area contributed by atoms with Crippen molar-refractivity contribution in [3.63, 3.8) is 0 Å². The second-order valence-corrected chi connectivity index (χ2v) is 7.03. The number of pyridine rings is 1. The van der Waals surface area contributed by atoms with Gasteiger partial charge in [0.05, 0.1) is 12.6 Å². The fourth-order valence-corrected chi connectivity index (χ4v) is 3.84. The molecule has 0 atom stereocenters. The average molecular weight is 345 g/mol. The zero-order valence-electron chi connectivity index (χ0n) is 10.2. The number of rotatable bonds is 3. The minimum absolute atomic E-state index is 0.190. The van der Waals surface area contributed by atoms with Crippen LogP contribution in [0.3, 0.4) is 0 Å². The van der Waals surface area contributed by atoms with Gasteiger partial charge in [-0.3, -0.25) is 9.88 Å². The lowest BCUT2D eigenvalue weighted by molar-refractivity contribution is 0.206.